The summed E-state index contributed by atoms with van der Waals surface area (Å²) in [6.45, 7) is 3.23. The zero-order valence-electron chi connectivity index (χ0n) is 10.1. The lowest BCUT2D eigenvalue weighted by Crippen LogP contribution is -2.16. The van der Waals surface area contributed by atoms with E-state index < -0.39 is 0 Å². The number of nitrogens with zero attached hydrogens (tertiary/aromatic N) is 2. The van der Waals surface area contributed by atoms with Gasteiger partial charge in [0.25, 0.3) is 0 Å². The summed E-state index contributed by atoms with van der Waals surface area (Å²) in [6.07, 6.45) is 6.34. The van der Waals surface area contributed by atoms with E-state index in [4.69, 9.17) is 0 Å². The molecule has 17 heavy (non-hydrogen) atoms. The summed E-state index contributed by atoms with van der Waals surface area (Å²) in [4.78, 5) is 4.30. The van der Waals surface area contributed by atoms with Crippen LogP contribution in [0.2, 0.25) is 0 Å². The van der Waals surface area contributed by atoms with Crippen LogP contribution in [0.3, 0.4) is 0 Å². The molecule has 3 heteroatoms. The fourth-order valence-corrected chi connectivity index (χ4v) is 2.49. The van der Waals surface area contributed by atoms with Crippen molar-refractivity contribution in [1.82, 2.24) is 14.9 Å². The van der Waals surface area contributed by atoms with Gasteiger partial charge in [0.15, 0.2) is 0 Å². The Morgan fingerprint density at radius 2 is 2.35 bits per heavy atom. The maximum absolute atomic E-state index is 4.30. The second-order valence-corrected chi connectivity index (χ2v) is 4.68. The zero-order chi connectivity index (χ0) is 11.7. The predicted octanol–water partition coefficient (Wildman–Crippen LogP) is 2.61. The molecule has 1 aromatic heterocycles. The van der Waals surface area contributed by atoms with Gasteiger partial charge < -0.3 is 9.88 Å². The largest absolute Gasteiger partial charge is 0.309 e. The molecule has 0 amide bonds. The van der Waals surface area contributed by atoms with Crippen LogP contribution >= 0.6 is 0 Å². The summed E-state index contributed by atoms with van der Waals surface area (Å²) < 4.78 is 2.19. The second-order valence-electron chi connectivity index (χ2n) is 4.68. The monoisotopic (exact) mass is 227 g/mol. The third kappa shape index (κ3) is 1.98. The quantitative estimate of drug-likeness (QED) is 0.854. The van der Waals surface area contributed by atoms with Gasteiger partial charge in [-0.25, -0.2) is 4.98 Å². The number of hydrogen-bond donors (Lipinski definition) is 1. The van der Waals surface area contributed by atoms with E-state index in [-0.39, 0.29) is 0 Å². The third-order valence-electron chi connectivity index (χ3n) is 3.36. The van der Waals surface area contributed by atoms with Crippen molar-refractivity contribution in [2.24, 2.45) is 0 Å². The Kier molecular flexibility index (Phi) is 2.69. The van der Waals surface area contributed by atoms with Gasteiger partial charge in [0.05, 0.1) is 18.2 Å². The van der Waals surface area contributed by atoms with E-state index in [0.717, 1.165) is 6.54 Å². The standard InChI is InChI=1S/C14H17N3/c1-11-4-2-5-12(8-11)17-10-15-9-14(17)13-6-3-7-16-13/h2,4-5,8-10,13,16H,3,6-7H2,1H3/t13-/m0/s1. The van der Waals surface area contributed by atoms with Crippen LogP contribution in [0.4, 0.5) is 0 Å². The van der Waals surface area contributed by atoms with Gasteiger partial charge in [-0.3, -0.25) is 0 Å². The number of aromatic nitrogens is 2. The van der Waals surface area contributed by atoms with Crippen molar-refractivity contribution >= 4 is 0 Å². The molecule has 0 unspecified atom stereocenters. The lowest BCUT2D eigenvalue weighted by atomic mass is 10.1. The van der Waals surface area contributed by atoms with Crippen molar-refractivity contribution in [3.8, 4) is 5.69 Å². The van der Waals surface area contributed by atoms with E-state index in [1.54, 1.807) is 0 Å². The molecule has 3 rings (SSSR count). The first kappa shape index (κ1) is 10.5. The van der Waals surface area contributed by atoms with Gasteiger partial charge in [-0.2, -0.15) is 0 Å². The molecule has 1 aromatic carbocycles. The lowest BCUT2D eigenvalue weighted by Gasteiger charge is -2.14. The molecular weight excluding hydrogens is 210 g/mol. The zero-order valence-corrected chi connectivity index (χ0v) is 10.1. The smallest absolute Gasteiger partial charge is 0.0994 e. The van der Waals surface area contributed by atoms with Crippen LogP contribution in [0.5, 0.6) is 0 Å². The molecule has 1 N–H and O–H groups in total. The van der Waals surface area contributed by atoms with Crippen molar-refractivity contribution in [1.29, 1.82) is 0 Å². The Morgan fingerprint density at radius 1 is 1.41 bits per heavy atom. The van der Waals surface area contributed by atoms with E-state index in [1.807, 2.05) is 12.5 Å². The Bertz CT molecular complexity index is 510. The maximum atomic E-state index is 4.30. The molecule has 1 atom stereocenters. The first-order chi connectivity index (χ1) is 8.34. The fraction of sp³-hybridized carbons (Fsp3) is 0.357. The normalized spacial score (nSPS) is 19.7. The van der Waals surface area contributed by atoms with E-state index >= 15 is 0 Å². The van der Waals surface area contributed by atoms with E-state index in [1.165, 1.54) is 29.8 Å². The first-order valence-corrected chi connectivity index (χ1v) is 6.17. The van der Waals surface area contributed by atoms with Crippen molar-refractivity contribution in [3.63, 3.8) is 0 Å². The van der Waals surface area contributed by atoms with Crippen LogP contribution in [0.25, 0.3) is 5.69 Å². The molecule has 1 fully saturated rings. The van der Waals surface area contributed by atoms with Crippen LogP contribution in [0.1, 0.15) is 30.1 Å². The second kappa shape index (κ2) is 4.34. The molecule has 0 radical (unpaired) electrons. The topological polar surface area (TPSA) is 29.9 Å². The van der Waals surface area contributed by atoms with Gasteiger partial charge >= 0.3 is 0 Å². The average molecular weight is 227 g/mol. The minimum atomic E-state index is 0.456. The molecule has 2 heterocycles. The van der Waals surface area contributed by atoms with Gasteiger partial charge in [0.1, 0.15) is 0 Å². The molecule has 88 valence electrons. The number of rotatable bonds is 2. The summed E-state index contributed by atoms with van der Waals surface area (Å²) in [5, 5.41) is 3.52. The Morgan fingerprint density at radius 3 is 3.12 bits per heavy atom. The van der Waals surface area contributed by atoms with E-state index in [9.17, 15) is 0 Å². The molecular formula is C14H17N3. The van der Waals surface area contributed by atoms with Gasteiger partial charge in [-0.1, -0.05) is 12.1 Å². The van der Waals surface area contributed by atoms with Crippen LogP contribution in [-0.2, 0) is 0 Å². The SMILES string of the molecule is Cc1cccc(-n2cncc2[C@@H]2CCCN2)c1. The van der Waals surface area contributed by atoms with Crippen LogP contribution in [0, 0.1) is 6.92 Å². The summed E-state index contributed by atoms with van der Waals surface area (Å²) in [5.41, 5.74) is 3.75. The molecule has 0 aliphatic carbocycles. The third-order valence-corrected chi connectivity index (χ3v) is 3.36. The molecule has 2 aromatic rings. The predicted molar refractivity (Wildman–Crippen MR) is 68.3 cm³/mol. The maximum Gasteiger partial charge on any atom is 0.0994 e. The minimum absolute atomic E-state index is 0.456. The Balaban J connectivity index is 2.00. The number of aryl methyl sites for hydroxylation is 1. The average Bonchev–Trinajstić information content (AvgIpc) is 3.00. The fourth-order valence-electron chi connectivity index (χ4n) is 2.49. The first-order valence-electron chi connectivity index (χ1n) is 6.17. The summed E-state index contributed by atoms with van der Waals surface area (Å²) in [5.74, 6) is 0. The molecule has 1 saturated heterocycles. The van der Waals surface area contributed by atoms with Crippen molar-refractivity contribution in [2.75, 3.05) is 6.54 Å². The number of benzene rings is 1. The van der Waals surface area contributed by atoms with Crippen molar-refractivity contribution in [2.45, 2.75) is 25.8 Å². The van der Waals surface area contributed by atoms with Gasteiger partial charge in [-0.05, 0) is 44.0 Å². The Hall–Kier alpha value is -1.61. The summed E-state index contributed by atoms with van der Waals surface area (Å²) in [7, 11) is 0. The highest BCUT2D eigenvalue weighted by molar-refractivity contribution is 5.37. The molecule has 1 aliphatic heterocycles. The molecule has 0 spiro atoms. The van der Waals surface area contributed by atoms with Crippen molar-refractivity contribution < 1.29 is 0 Å². The van der Waals surface area contributed by atoms with Gasteiger partial charge in [0, 0.05) is 11.7 Å². The van der Waals surface area contributed by atoms with Crippen LogP contribution in [-0.4, -0.2) is 16.1 Å². The molecule has 0 saturated carbocycles. The van der Waals surface area contributed by atoms with Crippen molar-refractivity contribution in [3.05, 3.63) is 48.0 Å². The molecule has 0 bridgehead atoms. The highest BCUT2D eigenvalue weighted by atomic mass is 15.1. The highest BCUT2D eigenvalue weighted by Crippen LogP contribution is 2.25. The van der Waals surface area contributed by atoms with E-state index in [0.29, 0.717) is 6.04 Å². The number of hydrogen-bond acceptors (Lipinski definition) is 2. The number of nitrogens with one attached hydrogen (secondary N) is 1. The number of imidazole rings is 1. The summed E-state index contributed by atoms with van der Waals surface area (Å²) in [6, 6.07) is 9.00. The highest BCUT2D eigenvalue weighted by Gasteiger charge is 2.20. The lowest BCUT2D eigenvalue weighted by molar-refractivity contribution is 0.615. The molecule has 1 aliphatic rings. The molecule has 3 nitrogen and oxygen atoms in total. The summed E-state index contributed by atoms with van der Waals surface area (Å²) >= 11 is 0. The Labute approximate surface area is 101 Å². The van der Waals surface area contributed by atoms with Gasteiger partial charge in [0.2, 0.25) is 0 Å². The minimum Gasteiger partial charge on any atom is -0.309 e. The van der Waals surface area contributed by atoms with Crippen LogP contribution in [0.15, 0.2) is 36.8 Å². The van der Waals surface area contributed by atoms with E-state index in [2.05, 4.69) is 46.1 Å². The van der Waals surface area contributed by atoms with Gasteiger partial charge in [-0.15, -0.1) is 0 Å². The van der Waals surface area contributed by atoms with Crippen LogP contribution < -0.4 is 5.32 Å².